The lowest BCUT2D eigenvalue weighted by atomic mass is 10.0. The second kappa shape index (κ2) is 6.96. The third kappa shape index (κ3) is 3.24. The molecule has 0 aromatic heterocycles. The van der Waals surface area contributed by atoms with Crippen LogP contribution in [0.25, 0.3) is 5.57 Å². The van der Waals surface area contributed by atoms with Gasteiger partial charge in [0.2, 0.25) is 11.8 Å². The average molecular weight is 352 g/mol. The van der Waals surface area contributed by atoms with Crippen molar-refractivity contribution in [1.82, 2.24) is 15.5 Å². The van der Waals surface area contributed by atoms with Crippen molar-refractivity contribution in [2.75, 3.05) is 37.6 Å². The fourth-order valence-corrected chi connectivity index (χ4v) is 3.85. The van der Waals surface area contributed by atoms with Gasteiger partial charge in [-0.1, -0.05) is 18.7 Å². The number of benzene rings is 1. The highest BCUT2D eigenvalue weighted by molar-refractivity contribution is 6.03. The number of rotatable bonds is 3. The summed E-state index contributed by atoms with van der Waals surface area (Å²) in [6, 6.07) is 7.98. The van der Waals surface area contributed by atoms with Crippen LogP contribution in [0.15, 0.2) is 42.6 Å². The molecule has 0 radical (unpaired) electrons. The Morgan fingerprint density at radius 3 is 2.50 bits per heavy atom. The largest absolute Gasteiger partial charge is 0.369 e. The molecule has 1 unspecified atom stereocenters. The summed E-state index contributed by atoms with van der Waals surface area (Å²) < 4.78 is 0. The summed E-state index contributed by atoms with van der Waals surface area (Å²) in [6.45, 7) is 8.31. The first kappa shape index (κ1) is 16.8. The van der Waals surface area contributed by atoms with Crippen molar-refractivity contribution in [2.45, 2.75) is 18.9 Å². The summed E-state index contributed by atoms with van der Waals surface area (Å²) in [5, 5.41) is 6.12. The second-order valence-electron chi connectivity index (χ2n) is 7.07. The van der Waals surface area contributed by atoms with Crippen LogP contribution in [0, 0.1) is 0 Å². The zero-order valence-electron chi connectivity index (χ0n) is 14.8. The van der Waals surface area contributed by atoms with Gasteiger partial charge in [0.1, 0.15) is 6.04 Å². The Labute approximate surface area is 153 Å². The van der Waals surface area contributed by atoms with Crippen LogP contribution < -0.4 is 15.5 Å². The predicted octanol–water partition coefficient (Wildman–Crippen LogP) is 1.11. The quantitative estimate of drug-likeness (QED) is 0.856. The highest BCUT2D eigenvalue weighted by atomic mass is 16.2. The van der Waals surface area contributed by atoms with Crippen LogP contribution in [-0.2, 0) is 9.59 Å². The zero-order chi connectivity index (χ0) is 18.1. The third-order valence-corrected chi connectivity index (χ3v) is 5.34. The summed E-state index contributed by atoms with van der Waals surface area (Å²) in [4.78, 5) is 28.7. The van der Waals surface area contributed by atoms with Crippen LogP contribution >= 0.6 is 0 Å². The maximum absolute atomic E-state index is 12.4. The van der Waals surface area contributed by atoms with Crippen molar-refractivity contribution < 1.29 is 9.59 Å². The fraction of sp³-hybridized carbons (Fsp3) is 0.400. The molecule has 0 bridgehead atoms. The molecule has 3 aliphatic heterocycles. The zero-order valence-corrected chi connectivity index (χ0v) is 14.8. The van der Waals surface area contributed by atoms with Crippen LogP contribution in [0.2, 0.25) is 0 Å². The topological polar surface area (TPSA) is 64.7 Å². The summed E-state index contributed by atoms with van der Waals surface area (Å²) in [5.74, 6) is -0.211. The van der Waals surface area contributed by atoms with E-state index in [2.05, 4.69) is 46.4 Å². The number of hydrogen-bond donors (Lipinski definition) is 2. The molecule has 0 saturated carbocycles. The van der Waals surface area contributed by atoms with E-state index in [-0.39, 0.29) is 11.8 Å². The van der Waals surface area contributed by atoms with Crippen molar-refractivity contribution in [3.63, 3.8) is 0 Å². The molecule has 3 heterocycles. The molecule has 6 heteroatoms. The van der Waals surface area contributed by atoms with Gasteiger partial charge in [-0.3, -0.25) is 9.59 Å². The molecular formula is C20H24N4O2. The Kier molecular flexibility index (Phi) is 4.51. The first-order valence-corrected chi connectivity index (χ1v) is 9.18. The van der Waals surface area contributed by atoms with Crippen molar-refractivity contribution >= 4 is 23.1 Å². The van der Waals surface area contributed by atoms with Gasteiger partial charge in [0.25, 0.3) is 0 Å². The maximum Gasteiger partial charge on any atom is 0.247 e. The standard InChI is InChI=1S/C20H24N4O2/c1-14-2-7-18(20(26)22-14)24-13-16(12-19(24)25)15-3-5-17(6-4-15)23-10-8-21-9-11-23/h3-6,12,18,21H,1-2,7-11,13H2,(H,22,26). The average Bonchev–Trinajstić information content (AvgIpc) is 3.04. The molecule has 3 aliphatic rings. The first-order chi connectivity index (χ1) is 12.6. The lowest BCUT2D eigenvalue weighted by Gasteiger charge is -2.31. The van der Waals surface area contributed by atoms with Gasteiger partial charge in [-0.2, -0.15) is 0 Å². The second-order valence-corrected chi connectivity index (χ2v) is 7.07. The molecule has 1 aromatic rings. The molecule has 2 amide bonds. The van der Waals surface area contributed by atoms with Crippen LogP contribution in [0.4, 0.5) is 5.69 Å². The number of nitrogens with one attached hydrogen (secondary N) is 2. The van der Waals surface area contributed by atoms with E-state index in [9.17, 15) is 9.59 Å². The molecule has 26 heavy (non-hydrogen) atoms. The predicted molar refractivity (Wildman–Crippen MR) is 102 cm³/mol. The summed E-state index contributed by atoms with van der Waals surface area (Å²) >= 11 is 0. The van der Waals surface area contributed by atoms with Crippen molar-refractivity contribution in [3.8, 4) is 0 Å². The van der Waals surface area contributed by atoms with E-state index in [1.54, 1.807) is 11.0 Å². The number of allylic oxidation sites excluding steroid dienone is 1. The minimum Gasteiger partial charge on any atom is -0.369 e. The Bertz CT molecular complexity index is 763. The SMILES string of the molecule is C=C1CCC(N2CC(c3ccc(N4CCNCC4)cc3)=CC2=O)C(=O)N1. The summed E-state index contributed by atoms with van der Waals surface area (Å²) in [6.07, 6.45) is 3.02. The van der Waals surface area contributed by atoms with E-state index in [0.29, 0.717) is 13.0 Å². The van der Waals surface area contributed by atoms with Crippen LogP contribution in [0.5, 0.6) is 0 Å². The maximum atomic E-state index is 12.4. The molecule has 4 rings (SSSR count). The lowest BCUT2D eigenvalue weighted by molar-refractivity contribution is -0.136. The molecule has 0 aliphatic carbocycles. The molecule has 2 N–H and O–H groups in total. The number of anilines is 1. The molecule has 2 fully saturated rings. The van der Waals surface area contributed by atoms with Crippen molar-refractivity contribution in [2.24, 2.45) is 0 Å². The molecule has 1 atom stereocenters. The van der Waals surface area contributed by atoms with Crippen LogP contribution in [-0.4, -0.2) is 55.5 Å². The number of amides is 2. The number of carbonyl (C=O) groups is 2. The molecular weight excluding hydrogens is 328 g/mol. The summed E-state index contributed by atoms with van der Waals surface area (Å²) in [7, 11) is 0. The highest BCUT2D eigenvalue weighted by Crippen LogP contribution is 2.28. The van der Waals surface area contributed by atoms with Gasteiger partial charge in [0.05, 0.1) is 0 Å². The summed E-state index contributed by atoms with van der Waals surface area (Å²) in [5.41, 5.74) is 3.95. The number of hydrogen-bond acceptors (Lipinski definition) is 4. The molecule has 1 aromatic carbocycles. The van der Waals surface area contributed by atoms with Gasteiger partial charge in [0, 0.05) is 50.2 Å². The highest BCUT2D eigenvalue weighted by Gasteiger charge is 2.35. The monoisotopic (exact) mass is 352 g/mol. The van der Waals surface area contributed by atoms with E-state index in [1.165, 1.54) is 5.69 Å². The van der Waals surface area contributed by atoms with Gasteiger partial charge >= 0.3 is 0 Å². The normalized spacial score (nSPS) is 23.9. The van der Waals surface area contributed by atoms with Gasteiger partial charge in [-0.25, -0.2) is 0 Å². The van der Waals surface area contributed by atoms with Crippen molar-refractivity contribution in [3.05, 3.63) is 48.2 Å². The van der Waals surface area contributed by atoms with Gasteiger partial charge in [-0.05, 0) is 36.1 Å². The Morgan fingerprint density at radius 2 is 1.81 bits per heavy atom. The number of nitrogens with zero attached hydrogens (tertiary/aromatic N) is 2. The number of piperazine rings is 1. The Morgan fingerprint density at radius 1 is 1.08 bits per heavy atom. The van der Waals surface area contributed by atoms with E-state index < -0.39 is 6.04 Å². The number of carbonyl (C=O) groups excluding carboxylic acids is 2. The minimum absolute atomic E-state index is 0.0844. The Hall–Kier alpha value is -2.60. The van der Waals surface area contributed by atoms with E-state index in [4.69, 9.17) is 0 Å². The van der Waals surface area contributed by atoms with Gasteiger partial charge in [0.15, 0.2) is 0 Å². The minimum atomic E-state index is -0.401. The molecule has 0 spiro atoms. The van der Waals surface area contributed by atoms with E-state index in [1.807, 2.05) is 0 Å². The van der Waals surface area contributed by atoms with Crippen LogP contribution in [0.1, 0.15) is 18.4 Å². The fourth-order valence-electron chi connectivity index (χ4n) is 3.85. The lowest BCUT2D eigenvalue weighted by Crippen LogP contribution is -2.50. The van der Waals surface area contributed by atoms with Crippen molar-refractivity contribution in [1.29, 1.82) is 0 Å². The van der Waals surface area contributed by atoms with Gasteiger partial charge in [-0.15, -0.1) is 0 Å². The smallest absolute Gasteiger partial charge is 0.247 e. The van der Waals surface area contributed by atoms with E-state index >= 15 is 0 Å². The molecule has 6 nitrogen and oxygen atoms in total. The Balaban J connectivity index is 1.45. The molecule has 2 saturated heterocycles. The molecule has 136 valence electrons. The third-order valence-electron chi connectivity index (χ3n) is 5.34. The number of piperidine rings is 1. The van der Waals surface area contributed by atoms with E-state index in [0.717, 1.165) is 49.4 Å². The van der Waals surface area contributed by atoms with Crippen LogP contribution in [0.3, 0.4) is 0 Å². The van der Waals surface area contributed by atoms with Gasteiger partial charge < -0.3 is 20.4 Å². The first-order valence-electron chi connectivity index (χ1n) is 9.18.